The Labute approximate surface area is 155 Å². The lowest BCUT2D eigenvalue weighted by Gasteiger charge is -2.13. The van der Waals surface area contributed by atoms with E-state index < -0.39 is 5.91 Å². The number of carbonyl (C=O) groups excluding carboxylic acids is 2. The molecule has 2 amide bonds. The van der Waals surface area contributed by atoms with E-state index in [0.29, 0.717) is 22.8 Å². The van der Waals surface area contributed by atoms with Gasteiger partial charge in [-0.05, 0) is 42.2 Å². The first kappa shape index (κ1) is 18.9. The molecule has 2 rings (SSSR count). The van der Waals surface area contributed by atoms with E-state index in [1.54, 1.807) is 41.8 Å². The molecule has 25 heavy (non-hydrogen) atoms. The van der Waals surface area contributed by atoms with E-state index in [0.717, 1.165) is 12.8 Å². The molecule has 1 aromatic heterocycles. The number of hydrogen-bond acceptors (Lipinski definition) is 5. The Kier molecular flexibility index (Phi) is 7.36. The monoisotopic (exact) mass is 377 g/mol. The summed E-state index contributed by atoms with van der Waals surface area (Å²) in [6.07, 6.45) is 1.91. The van der Waals surface area contributed by atoms with Gasteiger partial charge in [0.2, 0.25) is 0 Å². The van der Waals surface area contributed by atoms with Crippen LogP contribution in [0.5, 0.6) is 5.75 Å². The zero-order valence-corrected chi connectivity index (χ0v) is 15.3. The summed E-state index contributed by atoms with van der Waals surface area (Å²) in [6, 6.07) is 10.4. The zero-order chi connectivity index (χ0) is 18.1. The average Bonchev–Trinajstić information content (AvgIpc) is 3.15. The highest BCUT2D eigenvalue weighted by Crippen LogP contribution is 2.18. The van der Waals surface area contributed by atoms with Gasteiger partial charge in [-0.1, -0.05) is 31.5 Å². The highest BCUT2D eigenvalue weighted by molar-refractivity contribution is 7.80. The number of rotatable bonds is 6. The van der Waals surface area contributed by atoms with Crippen molar-refractivity contribution in [3.63, 3.8) is 0 Å². The van der Waals surface area contributed by atoms with Gasteiger partial charge in [0, 0.05) is 0 Å². The predicted octanol–water partition coefficient (Wildman–Crippen LogP) is 2.88. The molecule has 0 radical (unpaired) electrons. The van der Waals surface area contributed by atoms with Gasteiger partial charge in [-0.25, -0.2) is 0 Å². The molecule has 0 bridgehead atoms. The highest BCUT2D eigenvalue weighted by Gasteiger charge is 2.14. The van der Waals surface area contributed by atoms with Gasteiger partial charge in [-0.15, -0.1) is 11.3 Å². The van der Waals surface area contributed by atoms with Gasteiger partial charge < -0.3 is 4.74 Å². The number of para-hydroxylation sites is 1. The molecule has 6 nitrogen and oxygen atoms in total. The Morgan fingerprint density at radius 2 is 1.92 bits per heavy atom. The van der Waals surface area contributed by atoms with E-state index in [2.05, 4.69) is 23.1 Å². The van der Waals surface area contributed by atoms with Crippen LogP contribution in [-0.4, -0.2) is 23.5 Å². The minimum absolute atomic E-state index is 0.00160. The second-order valence-electron chi connectivity index (χ2n) is 5.04. The lowest BCUT2D eigenvalue weighted by molar-refractivity contribution is 0.0937. The van der Waals surface area contributed by atoms with Gasteiger partial charge in [-0.3, -0.25) is 25.8 Å². The maximum atomic E-state index is 12.4. The summed E-state index contributed by atoms with van der Waals surface area (Å²) >= 11 is 6.34. The summed E-state index contributed by atoms with van der Waals surface area (Å²) in [6.45, 7) is 2.61. The Balaban J connectivity index is 1.88. The topological polar surface area (TPSA) is 79.5 Å². The molecule has 0 atom stereocenters. The number of hydrazine groups is 1. The predicted molar refractivity (Wildman–Crippen MR) is 102 cm³/mol. The molecular formula is C17H19N3O3S2. The number of thiocarbonyl (C=S) groups is 1. The van der Waals surface area contributed by atoms with Crippen LogP contribution in [0, 0.1) is 0 Å². The SMILES string of the molecule is CCCCOc1ccccc1C(=O)NC(=S)NNC(=O)c1cccs1. The van der Waals surface area contributed by atoms with Crippen LogP contribution in [0.1, 0.15) is 39.8 Å². The summed E-state index contributed by atoms with van der Waals surface area (Å²) in [5.41, 5.74) is 5.32. The number of hydrogen-bond donors (Lipinski definition) is 3. The van der Waals surface area contributed by atoms with Crippen molar-refractivity contribution in [1.82, 2.24) is 16.2 Å². The summed E-state index contributed by atoms with van der Waals surface area (Å²) in [5.74, 6) is -0.233. The highest BCUT2D eigenvalue weighted by atomic mass is 32.1. The second-order valence-corrected chi connectivity index (χ2v) is 6.39. The molecule has 0 aliphatic heterocycles. The number of carbonyl (C=O) groups is 2. The molecule has 1 heterocycles. The molecular weight excluding hydrogens is 358 g/mol. The van der Waals surface area contributed by atoms with Gasteiger partial charge in [0.05, 0.1) is 17.0 Å². The summed E-state index contributed by atoms with van der Waals surface area (Å²) in [7, 11) is 0. The molecule has 0 aliphatic carbocycles. The standard InChI is InChI=1S/C17H19N3O3S2/c1-2-3-10-23-13-8-5-4-7-12(13)15(21)18-17(24)20-19-16(22)14-9-6-11-25-14/h4-9,11H,2-3,10H2,1H3,(H,19,22)(H2,18,20,21,24). The molecule has 8 heteroatoms. The molecule has 1 aromatic carbocycles. The fourth-order valence-corrected chi connectivity index (χ4v) is 2.65. The third kappa shape index (κ3) is 5.84. The Hall–Kier alpha value is -2.45. The van der Waals surface area contributed by atoms with Crippen molar-refractivity contribution in [1.29, 1.82) is 0 Å². The smallest absolute Gasteiger partial charge is 0.279 e. The fraction of sp³-hybridized carbons (Fsp3) is 0.235. The van der Waals surface area contributed by atoms with E-state index in [1.807, 2.05) is 0 Å². The first-order valence-electron chi connectivity index (χ1n) is 7.78. The molecule has 3 N–H and O–H groups in total. The number of thiophene rings is 1. The molecule has 0 fully saturated rings. The first-order valence-corrected chi connectivity index (χ1v) is 9.07. The largest absolute Gasteiger partial charge is 0.493 e. The summed E-state index contributed by atoms with van der Waals surface area (Å²) in [4.78, 5) is 24.7. The van der Waals surface area contributed by atoms with Gasteiger partial charge in [0.25, 0.3) is 11.8 Å². The van der Waals surface area contributed by atoms with E-state index in [-0.39, 0.29) is 11.0 Å². The van der Waals surface area contributed by atoms with Gasteiger partial charge in [-0.2, -0.15) is 0 Å². The maximum absolute atomic E-state index is 12.4. The summed E-state index contributed by atoms with van der Waals surface area (Å²) < 4.78 is 5.63. The molecule has 0 saturated heterocycles. The minimum atomic E-state index is -0.407. The zero-order valence-electron chi connectivity index (χ0n) is 13.7. The van der Waals surface area contributed by atoms with E-state index >= 15 is 0 Å². The lowest BCUT2D eigenvalue weighted by Crippen LogP contribution is -2.48. The Morgan fingerprint density at radius 3 is 2.64 bits per heavy atom. The number of amides is 2. The number of nitrogens with one attached hydrogen (secondary N) is 3. The Bertz CT molecular complexity index is 732. The number of unbranched alkanes of at least 4 members (excludes halogenated alkanes) is 1. The van der Waals surface area contributed by atoms with Crippen LogP contribution in [0.25, 0.3) is 0 Å². The van der Waals surface area contributed by atoms with Crippen molar-refractivity contribution in [2.45, 2.75) is 19.8 Å². The van der Waals surface area contributed by atoms with Crippen LogP contribution < -0.4 is 20.9 Å². The lowest BCUT2D eigenvalue weighted by atomic mass is 10.2. The third-order valence-electron chi connectivity index (χ3n) is 3.15. The van der Waals surface area contributed by atoms with Gasteiger partial charge >= 0.3 is 0 Å². The number of ether oxygens (including phenoxy) is 1. The fourth-order valence-electron chi connectivity index (χ4n) is 1.89. The van der Waals surface area contributed by atoms with Crippen molar-refractivity contribution in [3.05, 3.63) is 52.2 Å². The summed E-state index contributed by atoms with van der Waals surface area (Å²) in [5, 5.41) is 4.31. The van der Waals surface area contributed by atoms with Crippen LogP contribution in [0.3, 0.4) is 0 Å². The third-order valence-corrected chi connectivity index (χ3v) is 4.22. The van der Waals surface area contributed by atoms with Crippen LogP contribution in [0.4, 0.5) is 0 Å². The quantitative estimate of drug-likeness (QED) is 0.410. The van der Waals surface area contributed by atoms with Crippen molar-refractivity contribution < 1.29 is 14.3 Å². The van der Waals surface area contributed by atoms with Crippen molar-refractivity contribution >= 4 is 40.5 Å². The molecule has 2 aromatic rings. The molecule has 0 aliphatic rings. The van der Waals surface area contributed by atoms with Gasteiger partial charge in [0.15, 0.2) is 5.11 Å². The number of benzene rings is 1. The van der Waals surface area contributed by atoms with Crippen molar-refractivity contribution in [2.75, 3.05) is 6.61 Å². The van der Waals surface area contributed by atoms with Crippen LogP contribution >= 0.6 is 23.6 Å². The Morgan fingerprint density at radius 1 is 1.12 bits per heavy atom. The van der Waals surface area contributed by atoms with E-state index in [1.165, 1.54) is 11.3 Å². The minimum Gasteiger partial charge on any atom is -0.493 e. The van der Waals surface area contributed by atoms with Crippen molar-refractivity contribution in [2.24, 2.45) is 0 Å². The van der Waals surface area contributed by atoms with Crippen LogP contribution in [0.2, 0.25) is 0 Å². The molecule has 0 saturated carbocycles. The van der Waals surface area contributed by atoms with Gasteiger partial charge in [0.1, 0.15) is 5.75 Å². The average molecular weight is 377 g/mol. The van der Waals surface area contributed by atoms with E-state index in [9.17, 15) is 9.59 Å². The van der Waals surface area contributed by atoms with E-state index in [4.69, 9.17) is 17.0 Å². The normalized spacial score (nSPS) is 9.96. The van der Waals surface area contributed by atoms with Crippen LogP contribution in [-0.2, 0) is 0 Å². The molecule has 0 unspecified atom stereocenters. The first-order chi connectivity index (χ1) is 12.1. The molecule has 0 spiro atoms. The molecule has 132 valence electrons. The second kappa shape index (κ2) is 9.75. The van der Waals surface area contributed by atoms with Crippen LogP contribution in [0.15, 0.2) is 41.8 Å². The maximum Gasteiger partial charge on any atom is 0.279 e. The van der Waals surface area contributed by atoms with Crippen molar-refractivity contribution in [3.8, 4) is 5.75 Å².